The molecule has 1 aliphatic rings. The third kappa shape index (κ3) is 9.79. The number of hydrogen-bond donors (Lipinski definition) is 0. The quantitative estimate of drug-likeness (QED) is 0.469. The predicted octanol–water partition coefficient (Wildman–Crippen LogP) is 4.42. The molecule has 0 bridgehead atoms. The Bertz CT molecular complexity index is 530. The number of ether oxygens (including phenoxy) is 1. The molecule has 0 aromatic carbocycles. The first-order valence-electron chi connectivity index (χ1n) is 10.2. The molecule has 0 N–H and O–H groups in total. The van der Waals surface area contributed by atoms with E-state index in [1.165, 1.54) is 0 Å². The molecule has 10 heteroatoms. The Labute approximate surface area is 176 Å². The fourth-order valence-electron chi connectivity index (χ4n) is 2.83. The summed E-state index contributed by atoms with van der Waals surface area (Å²) in [5.74, 6) is -0.331. The Morgan fingerprint density at radius 3 is 1.57 bits per heavy atom. The Balaban J connectivity index is 3.19. The van der Waals surface area contributed by atoms with Crippen molar-refractivity contribution in [1.82, 2.24) is 0 Å². The van der Waals surface area contributed by atoms with Crippen molar-refractivity contribution in [2.24, 2.45) is 0 Å². The third-order valence-electron chi connectivity index (χ3n) is 3.61. The summed E-state index contributed by atoms with van der Waals surface area (Å²) in [5, 5.41) is 0. The molecule has 166 valence electrons. The van der Waals surface area contributed by atoms with Gasteiger partial charge in [-0.15, -0.1) is 0 Å². The average molecular weight is 467 g/mol. The first-order valence-corrected chi connectivity index (χ1v) is 23.8. The van der Waals surface area contributed by atoms with Gasteiger partial charge in [0.05, 0.1) is 6.61 Å². The first-order chi connectivity index (χ1) is 12.3. The highest BCUT2D eigenvalue weighted by Gasteiger charge is 2.53. The van der Waals surface area contributed by atoms with E-state index < -0.39 is 45.5 Å². The molecule has 0 saturated carbocycles. The summed E-state index contributed by atoms with van der Waals surface area (Å²) < 4.78 is 31.1. The lowest BCUT2D eigenvalue weighted by molar-refractivity contribution is -0.151. The van der Waals surface area contributed by atoms with Crippen molar-refractivity contribution in [3.05, 3.63) is 0 Å². The molecule has 0 aromatic heterocycles. The van der Waals surface area contributed by atoms with Crippen molar-refractivity contribution >= 4 is 39.2 Å². The van der Waals surface area contributed by atoms with Crippen molar-refractivity contribution in [1.29, 1.82) is 0 Å². The van der Waals surface area contributed by atoms with Gasteiger partial charge in [0.1, 0.15) is 18.3 Å². The predicted molar refractivity (Wildman–Crippen MR) is 124 cm³/mol. The van der Waals surface area contributed by atoms with Crippen LogP contribution >= 0.6 is 0 Å². The van der Waals surface area contributed by atoms with Crippen LogP contribution in [0.3, 0.4) is 0 Å². The lowest BCUT2D eigenvalue weighted by Crippen LogP contribution is -2.51. The summed E-state index contributed by atoms with van der Waals surface area (Å²) in [6.45, 7) is 25.6. The molecule has 1 fully saturated rings. The van der Waals surface area contributed by atoms with E-state index in [1.54, 1.807) is 0 Å². The second-order valence-corrected chi connectivity index (χ2v) is 29.3. The zero-order valence-corrected chi connectivity index (χ0v) is 24.0. The van der Waals surface area contributed by atoms with Crippen molar-refractivity contribution in [2.45, 2.75) is 103 Å². The SMILES string of the molecule is C[Si](C)(C)OC[C@H]1O[C@@H](C(=O)O[Si](C)(C)C)[C@H](O[Si](C)(C)C)[C@@H]1O[Si](C)(C)C. The van der Waals surface area contributed by atoms with Crippen LogP contribution in [0.15, 0.2) is 0 Å². The van der Waals surface area contributed by atoms with Crippen molar-refractivity contribution in [3.8, 4) is 0 Å². The van der Waals surface area contributed by atoms with Gasteiger partial charge in [-0.3, -0.25) is 4.79 Å². The van der Waals surface area contributed by atoms with Gasteiger partial charge < -0.3 is 22.4 Å². The molecular formula is C18H42O6Si4. The van der Waals surface area contributed by atoms with E-state index in [1.807, 2.05) is 19.6 Å². The molecule has 1 aliphatic heterocycles. The van der Waals surface area contributed by atoms with Gasteiger partial charge in [0.15, 0.2) is 31.1 Å². The molecule has 1 saturated heterocycles. The van der Waals surface area contributed by atoms with Crippen molar-refractivity contribution in [3.63, 3.8) is 0 Å². The van der Waals surface area contributed by atoms with E-state index in [0.717, 1.165) is 0 Å². The van der Waals surface area contributed by atoms with Gasteiger partial charge >= 0.3 is 5.97 Å². The van der Waals surface area contributed by atoms with Crippen LogP contribution in [-0.2, 0) is 27.2 Å². The fourth-order valence-corrected chi connectivity index (χ4v) is 6.39. The summed E-state index contributed by atoms with van der Waals surface area (Å²) in [6.07, 6.45) is -1.89. The highest BCUT2D eigenvalue weighted by atomic mass is 28.4. The maximum absolute atomic E-state index is 13.0. The van der Waals surface area contributed by atoms with E-state index in [-0.39, 0.29) is 18.2 Å². The number of rotatable bonds is 9. The second kappa shape index (κ2) is 9.12. The van der Waals surface area contributed by atoms with Crippen LogP contribution in [0, 0.1) is 0 Å². The lowest BCUT2D eigenvalue weighted by Gasteiger charge is -2.34. The van der Waals surface area contributed by atoms with Crippen LogP contribution in [0.1, 0.15) is 0 Å². The molecule has 0 radical (unpaired) electrons. The maximum atomic E-state index is 13.0. The fraction of sp³-hybridized carbons (Fsp3) is 0.944. The topological polar surface area (TPSA) is 63.2 Å². The minimum Gasteiger partial charge on any atom is -0.518 e. The van der Waals surface area contributed by atoms with E-state index in [4.69, 9.17) is 22.4 Å². The van der Waals surface area contributed by atoms with Gasteiger partial charge in [0, 0.05) is 0 Å². The molecule has 6 nitrogen and oxygen atoms in total. The van der Waals surface area contributed by atoms with Crippen LogP contribution in [-0.4, -0.2) is 70.3 Å². The highest BCUT2D eigenvalue weighted by molar-refractivity contribution is 6.71. The molecule has 0 spiro atoms. The Morgan fingerprint density at radius 2 is 1.18 bits per heavy atom. The van der Waals surface area contributed by atoms with Gasteiger partial charge in [0.25, 0.3) is 0 Å². The molecule has 1 heterocycles. The van der Waals surface area contributed by atoms with Crippen LogP contribution in [0.5, 0.6) is 0 Å². The molecule has 0 amide bonds. The smallest absolute Gasteiger partial charge is 0.324 e. The van der Waals surface area contributed by atoms with Crippen LogP contribution < -0.4 is 0 Å². The van der Waals surface area contributed by atoms with Crippen LogP contribution in [0.25, 0.3) is 0 Å². The lowest BCUT2D eigenvalue weighted by atomic mass is 10.1. The molecule has 0 aromatic rings. The molecule has 0 aliphatic carbocycles. The van der Waals surface area contributed by atoms with E-state index in [9.17, 15) is 4.79 Å². The van der Waals surface area contributed by atoms with Gasteiger partial charge in [0.2, 0.25) is 8.32 Å². The van der Waals surface area contributed by atoms with Crippen LogP contribution in [0.2, 0.25) is 78.6 Å². The molecule has 1 rings (SSSR count). The number of carbonyl (C=O) groups is 1. The van der Waals surface area contributed by atoms with Crippen molar-refractivity contribution in [2.75, 3.05) is 6.61 Å². The summed E-state index contributed by atoms with van der Waals surface area (Å²) in [4.78, 5) is 13.0. The van der Waals surface area contributed by atoms with Gasteiger partial charge in [-0.05, 0) is 78.6 Å². The van der Waals surface area contributed by atoms with Gasteiger partial charge in [-0.1, -0.05) is 0 Å². The summed E-state index contributed by atoms with van der Waals surface area (Å²) >= 11 is 0. The Kier molecular flexibility index (Phi) is 8.54. The van der Waals surface area contributed by atoms with Gasteiger partial charge in [-0.25, -0.2) is 0 Å². The molecular weight excluding hydrogens is 425 g/mol. The third-order valence-corrected chi connectivity index (χ3v) is 7.41. The minimum atomic E-state index is -2.05. The second-order valence-electron chi connectivity index (χ2n) is 11.4. The standard InChI is InChI=1S/C18H42O6Si4/c1-25(2,3)20-13-14-15(22-26(4,5)6)16(23-27(7,8)9)17(21-14)18(19)24-28(10,11)12/h14-17H,13H2,1-12H3/t14-,15-,16-,17-/m1/s1. The first kappa shape index (κ1) is 26.2. The van der Waals surface area contributed by atoms with Crippen LogP contribution in [0.4, 0.5) is 0 Å². The van der Waals surface area contributed by atoms with E-state index in [2.05, 4.69) is 58.9 Å². The molecule has 4 atom stereocenters. The average Bonchev–Trinajstić information content (AvgIpc) is 2.68. The van der Waals surface area contributed by atoms with E-state index >= 15 is 0 Å². The summed E-state index contributed by atoms with van der Waals surface area (Å²) in [7, 11) is -7.63. The monoisotopic (exact) mass is 466 g/mol. The largest absolute Gasteiger partial charge is 0.518 e. The highest BCUT2D eigenvalue weighted by Crippen LogP contribution is 2.33. The number of carbonyl (C=O) groups excluding carboxylic acids is 1. The zero-order chi connectivity index (χ0) is 22.1. The number of hydrogen-bond acceptors (Lipinski definition) is 6. The van der Waals surface area contributed by atoms with Gasteiger partial charge in [-0.2, -0.15) is 0 Å². The molecule has 28 heavy (non-hydrogen) atoms. The Morgan fingerprint density at radius 1 is 0.714 bits per heavy atom. The maximum Gasteiger partial charge on any atom is 0.324 e. The zero-order valence-electron chi connectivity index (χ0n) is 20.0. The summed E-state index contributed by atoms with van der Waals surface area (Å²) in [5.41, 5.74) is 0. The van der Waals surface area contributed by atoms with E-state index in [0.29, 0.717) is 6.61 Å². The summed E-state index contributed by atoms with van der Waals surface area (Å²) in [6, 6.07) is 0. The minimum absolute atomic E-state index is 0.325. The van der Waals surface area contributed by atoms with Crippen molar-refractivity contribution < 1.29 is 27.2 Å². The molecule has 0 unspecified atom stereocenters. The Hall–Kier alpha value is 0.178. The normalized spacial score (nSPS) is 27.1.